The molecule has 6 nitrogen and oxygen atoms in total. The molecule has 1 heterocycles. The van der Waals surface area contributed by atoms with Crippen LogP contribution in [0.25, 0.3) is 6.08 Å². The number of carbonyl (C=O) groups excluding carboxylic acids is 2. The van der Waals surface area contributed by atoms with E-state index in [1.807, 2.05) is 0 Å². The first kappa shape index (κ1) is 17.5. The summed E-state index contributed by atoms with van der Waals surface area (Å²) in [5.41, 5.74) is 0.517. The van der Waals surface area contributed by atoms with E-state index in [-0.39, 0.29) is 18.2 Å². The van der Waals surface area contributed by atoms with Crippen LogP contribution >= 0.6 is 0 Å². The molecule has 1 aromatic heterocycles. The highest BCUT2D eigenvalue weighted by atomic mass is 16.3. The van der Waals surface area contributed by atoms with E-state index in [0.717, 1.165) is 0 Å². The fraction of sp³-hybridized carbons (Fsp3) is 0.222. The number of aliphatic hydroxyl groups excluding tert-OH is 1. The van der Waals surface area contributed by atoms with Crippen LogP contribution in [0.2, 0.25) is 0 Å². The lowest BCUT2D eigenvalue weighted by Gasteiger charge is -2.13. The van der Waals surface area contributed by atoms with E-state index in [1.165, 1.54) is 12.3 Å². The smallest absolute Gasteiger partial charge is 0.267 e. The summed E-state index contributed by atoms with van der Waals surface area (Å²) in [7, 11) is 0. The van der Waals surface area contributed by atoms with Crippen molar-refractivity contribution in [1.82, 2.24) is 10.6 Å². The molecule has 3 N–H and O–H groups in total. The standard InChI is InChI=1S/C18H20N2O4/c1-13(12-21)11-19-18(23)16(10-15-8-5-9-24-15)20-17(22)14-6-3-2-4-7-14/h2-10,13,21H,11-12H2,1H3,(H,19,23)(H,20,22)/b16-10-. The van der Waals surface area contributed by atoms with E-state index >= 15 is 0 Å². The lowest BCUT2D eigenvalue weighted by Crippen LogP contribution is -2.37. The molecule has 1 unspecified atom stereocenters. The summed E-state index contributed by atoms with van der Waals surface area (Å²) in [5.74, 6) is -0.470. The highest BCUT2D eigenvalue weighted by molar-refractivity contribution is 6.05. The first-order chi connectivity index (χ1) is 11.6. The van der Waals surface area contributed by atoms with Gasteiger partial charge in [0.2, 0.25) is 0 Å². The Bertz CT molecular complexity index is 693. The van der Waals surface area contributed by atoms with E-state index in [9.17, 15) is 9.59 Å². The molecule has 24 heavy (non-hydrogen) atoms. The summed E-state index contributed by atoms with van der Waals surface area (Å²) in [5, 5.41) is 14.3. The maximum Gasteiger partial charge on any atom is 0.267 e. The molecule has 1 aromatic carbocycles. The minimum atomic E-state index is -0.448. The molecule has 0 spiro atoms. The van der Waals surface area contributed by atoms with Gasteiger partial charge in [-0.25, -0.2) is 0 Å². The Morgan fingerprint density at radius 1 is 1.21 bits per heavy atom. The summed E-state index contributed by atoms with van der Waals surface area (Å²) >= 11 is 0. The Balaban J connectivity index is 2.14. The summed E-state index contributed by atoms with van der Waals surface area (Å²) in [4.78, 5) is 24.6. The second kappa shape index (κ2) is 8.69. The summed E-state index contributed by atoms with van der Waals surface area (Å²) in [6.07, 6.45) is 2.94. The van der Waals surface area contributed by atoms with Crippen LogP contribution in [0.1, 0.15) is 23.0 Å². The van der Waals surface area contributed by atoms with E-state index < -0.39 is 11.8 Å². The van der Waals surface area contributed by atoms with Crippen molar-refractivity contribution < 1.29 is 19.1 Å². The van der Waals surface area contributed by atoms with Crippen LogP contribution in [0.4, 0.5) is 0 Å². The summed E-state index contributed by atoms with van der Waals surface area (Å²) in [6, 6.07) is 12.0. The average Bonchev–Trinajstić information content (AvgIpc) is 3.12. The second-order valence-corrected chi connectivity index (χ2v) is 5.39. The molecule has 1 atom stereocenters. The minimum absolute atomic E-state index is 0.0338. The van der Waals surface area contributed by atoms with Crippen LogP contribution in [-0.2, 0) is 4.79 Å². The molecule has 0 aliphatic rings. The average molecular weight is 328 g/mol. The molecule has 0 radical (unpaired) electrons. The van der Waals surface area contributed by atoms with Gasteiger partial charge in [-0.3, -0.25) is 9.59 Å². The molecule has 0 bridgehead atoms. The third-order valence-corrected chi connectivity index (χ3v) is 3.28. The second-order valence-electron chi connectivity index (χ2n) is 5.39. The van der Waals surface area contributed by atoms with Crippen LogP contribution in [0.15, 0.2) is 58.8 Å². The zero-order valence-electron chi connectivity index (χ0n) is 13.4. The molecule has 0 fully saturated rings. The summed E-state index contributed by atoms with van der Waals surface area (Å²) in [6.45, 7) is 2.07. The van der Waals surface area contributed by atoms with Crippen LogP contribution in [0, 0.1) is 5.92 Å². The number of benzene rings is 1. The van der Waals surface area contributed by atoms with Crippen LogP contribution in [-0.4, -0.2) is 30.1 Å². The summed E-state index contributed by atoms with van der Waals surface area (Å²) < 4.78 is 5.20. The first-order valence-corrected chi connectivity index (χ1v) is 7.61. The van der Waals surface area contributed by atoms with Gasteiger partial charge in [0.05, 0.1) is 6.26 Å². The van der Waals surface area contributed by atoms with E-state index in [4.69, 9.17) is 9.52 Å². The zero-order chi connectivity index (χ0) is 17.4. The number of amides is 2. The van der Waals surface area contributed by atoms with Crippen molar-refractivity contribution in [1.29, 1.82) is 0 Å². The predicted octanol–water partition coefficient (Wildman–Crippen LogP) is 1.80. The SMILES string of the molecule is CC(CO)CNC(=O)/C(=C/c1ccco1)NC(=O)c1ccccc1. The van der Waals surface area contributed by atoms with Gasteiger partial charge in [-0.15, -0.1) is 0 Å². The maximum atomic E-state index is 12.3. The fourth-order valence-electron chi connectivity index (χ4n) is 1.88. The Hall–Kier alpha value is -2.86. The number of rotatable bonds is 7. The number of hydrogen-bond donors (Lipinski definition) is 3. The number of nitrogens with one attached hydrogen (secondary N) is 2. The van der Waals surface area contributed by atoms with Gasteiger partial charge in [-0.2, -0.15) is 0 Å². The van der Waals surface area contributed by atoms with Crippen LogP contribution in [0.3, 0.4) is 0 Å². The normalized spacial score (nSPS) is 12.5. The van der Waals surface area contributed by atoms with Crippen molar-refractivity contribution >= 4 is 17.9 Å². The van der Waals surface area contributed by atoms with Gasteiger partial charge in [0.1, 0.15) is 11.5 Å². The van der Waals surface area contributed by atoms with Crippen molar-refractivity contribution in [2.24, 2.45) is 5.92 Å². The van der Waals surface area contributed by atoms with E-state index in [2.05, 4.69) is 10.6 Å². The predicted molar refractivity (Wildman–Crippen MR) is 89.9 cm³/mol. The fourth-order valence-corrected chi connectivity index (χ4v) is 1.88. The molecule has 126 valence electrons. The van der Waals surface area contributed by atoms with Gasteiger partial charge < -0.3 is 20.2 Å². The van der Waals surface area contributed by atoms with Crippen LogP contribution < -0.4 is 10.6 Å². The number of aliphatic hydroxyl groups is 1. The van der Waals surface area contributed by atoms with Gasteiger partial charge >= 0.3 is 0 Å². The molecule has 2 rings (SSSR count). The molecule has 0 saturated heterocycles. The quantitative estimate of drug-likeness (QED) is 0.676. The van der Waals surface area contributed by atoms with Gasteiger partial charge in [0, 0.05) is 24.8 Å². The monoisotopic (exact) mass is 328 g/mol. The molecule has 0 saturated carbocycles. The van der Waals surface area contributed by atoms with Gasteiger partial charge in [-0.05, 0) is 30.2 Å². The number of hydrogen-bond acceptors (Lipinski definition) is 4. The number of carbonyl (C=O) groups is 2. The Morgan fingerprint density at radius 3 is 2.58 bits per heavy atom. The van der Waals surface area contributed by atoms with Crippen molar-refractivity contribution in [2.75, 3.05) is 13.2 Å². The topological polar surface area (TPSA) is 91.6 Å². The van der Waals surface area contributed by atoms with Gasteiger partial charge in [-0.1, -0.05) is 25.1 Å². The zero-order valence-corrected chi connectivity index (χ0v) is 13.4. The highest BCUT2D eigenvalue weighted by Crippen LogP contribution is 2.08. The van der Waals surface area contributed by atoms with Crippen molar-refractivity contribution in [2.45, 2.75) is 6.92 Å². The van der Waals surface area contributed by atoms with Crippen molar-refractivity contribution in [3.8, 4) is 0 Å². The largest absolute Gasteiger partial charge is 0.465 e. The molecule has 0 aliphatic heterocycles. The molecule has 2 amide bonds. The third kappa shape index (κ3) is 5.10. The molecule has 6 heteroatoms. The first-order valence-electron chi connectivity index (χ1n) is 7.61. The maximum absolute atomic E-state index is 12.3. The van der Waals surface area contributed by atoms with Crippen LogP contribution in [0.5, 0.6) is 0 Å². The molecule has 0 aliphatic carbocycles. The molecule has 2 aromatic rings. The van der Waals surface area contributed by atoms with E-state index in [0.29, 0.717) is 17.9 Å². The Morgan fingerprint density at radius 2 is 1.96 bits per heavy atom. The lowest BCUT2D eigenvalue weighted by atomic mass is 10.2. The van der Waals surface area contributed by atoms with Gasteiger partial charge in [0.25, 0.3) is 11.8 Å². The molecular formula is C18H20N2O4. The number of furan rings is 1. The van der Waals surface area contributed by atoms with Crippen molar-refractivity contribution in [3.05, 3.63) is 65.7 Å². The lowest BCUT2D eigenvalue weighted by molar-refractivity contribution is -0.117. The van der Waals surface area contributed by atoms with Crippen molar-refractivity contribution in [3.63, 3.8) is 0 Å². The highest BCUT2D eigenvalue weighted by Gasteiger charge is 2.15. The van der Waals surface area contributed by atoms with Gasteiger partial charge in [0.15, 0.2) is 0 Å². The Labute approximate surface area is 140 Å². The third-order valence-electron chi connectivity index (χ3n) is 3.28. The van der Waals surface area contributed by atoms with E-state index in [1.54, 1.807) is 49.4 Å². The minimum Gasteiger partial charge on any atom is -0.465 e. The Kier molecular flexibility index (Phi) is 6.33. The molecular weight excluding hydrogens is 308 g/mol.